The van der Waals surface area contributed by atoms with Gasteiger partial charge in [0, 0.05) is 41.5 Å². The summed E-state index contributed by atoms with van der Waals surface area (Å²) in [4.78, 5) is 15.0. The van der Waals surface area contributed by atoms with E-state index in [2.05, 4.69) is 30.2 Å². The van der Waals surface area contributed by atoms with Crippen molar-refractivity contribution in [1.82, 2.24) is 4.98 Å². The maximum atomic E-state index is 11.3. The number of nitrogens with one attached hydrogen (secondary N) is 1. The van der Waals surface area contributed by atoms with Gasteiger partial charge in [-0.2, -0.15) is 0 Å². The van der Waals surface area contributed by atoms with Crippen LogP contribution in [0, 0.1) is 10.1 Å². The zero-order chi connectivity index (χ0) is 18.3. The molecule has 1 aliphatic rings. The first-order valence-corrected chi connectivity index (χ1v) is 8.50. The number of non-ortho nitro benzene ring substituents is 1. The molecule has 4 rings (SSSR count). The molecule has 3 aromatic rings. The Morgan fingerprint density at radius 3 is 2.81 bits per heavy atom. The fourth-order valence-corrected chi connectivity index (χ4v) is 3.58. The van der Waals surface area contributed by atoms with Crippen LogP contribution in [0.2, 0.25) is 0 Å². The van der Waals surface area contributed by atoms with Crippen molar-refractivity contribution in [3.63, 3.8) is 0 Å². The van der Waals surface area contributed by atoms with Crippen LogP contribution in [0.25, 0.3) is 10.8 Å². The Hall–Kier alpha value is -3.15. The molecule has 0 saturated carbocycles. The highest BCUT2D eigenvalue weighted by molar-refractivity contribution is 5.99. The molecular formula is C20H19N3O3. The zero-order valence-electron chi connectivity index (χ0n) is 14.6. The van der Waals surface area contributed by atoms with Gasteiger partial charge in [-0.05, 0) is 32.0 Å². The number of nitrogens with zero attached hydrogens (tertiary/aromatic N) is 2. The van der Waals surface area contributed by atoms with Crippen molar-refractivity contribution in [1.29, 1.82) is 0 Å². The molecule has 132 valence electrons. The third kappa shape index (κ3) is 2.83. The molecule has 1 aromatic heterocycles. The molecule has 0 bridgehead atoms. The van der Waals surface area contributed by atoms with E-state index in [1.807, 2.05) is 18.2 Å². The Labute approximate surface area is 151 Å². The molecule has 0 saturated heterocycles. The van der Waals surface area contributed by atoms with Crippen LogP contribution in [-0.4, -0.2) is 15.5 Å². The van der Waals surface area contributed by atoms with E-state index in [-0.39, 0.29) is 22.3 Å². The average molecular weight is 349 g/mol. The van der Waals surface area contributed by atoms with Crippen LogP contribution >= 0.6 is 0 Å². The molecule has 6 nitrogen and oxygen atoms in total. The first-order valence-electron chi connectivity index (χ1n) is 8.50. The third-order valence-corrected chi connectivity index (χ3v) is 4.70. The quantitative estimate of drug-likeness (QED) is 0.540. The number of rotatable bonds is 3. The maximum Gasteiger partial charge on any atom is 0.278 e. The van der Waals surface area contributed by atoms with Crippen molar-refractivity contribution in [3.8, 4) is 5.75 Å². The number of hydrogen-bond donors (Lipinski definition) is 1. The molecule has 0 radical (unpaired) electrons. The highest BCUT2D eigenvalue weighted by Gasteiger charge is 2.33. The van der Waals surface area contributed by atoms with E-state index in [1.165, 1.54) is 6.07 Å². The summed E-state index contributed by atoms with van der Waals surface area (Å²) in [6.07, 6.45) is 3.98. The lowest BCUT2D eigenvalue weighted by atomic mass is 9.89. The van der Waals surface area contributed by atoms with Crippen LogP contribution in [0.15, 0.2) is 54.9 Å². The van der Waals surface area contributed by atoms with E-state index in [9.17, 15) is 10.1 Å². The monoisotopic (exact) mass is 349 g/mol. The van der Waals surface area contributed by atoms with Crippen LogP contribution in [0.1, 0.15) is 31.9 Å². The zero-order valence-corrected chi connectivity index (χ0v) is 14.6. The molecule has 0 spiro atoms. The predicted molar refractivity (Wildman–Crippen MR) is 101 cm³/mol. The fourth-order valence-electron chi connectivity index (χ4n) is 3.58. The topological polar surface area (TPSA) is 77.3 Å². The second-order valence-electron chi connectivity index (χ2n) is 7.11. The van der Waals surface area contributed by atoms with Crippen LogP contribution in [0.5, 0.6) is 5.75 Å². The molecule has 2 aromatic carbocycles. The molecule has 26 heavy (non-hydrogen) atoms. The SMILES string of the molecule is CC1(C)CC(Nc2ccc([N+](=O)[O-])c3cnccc23)c2ccccc2O1. The number of benzene rings is 2. The summed E-state index contributed by atoms with van der Waals surface area (Å²) in [5.41, 5.74) is 1.70. The van der Waals surface area contributed by atoms with Crippen molar-refractivity contribution in [3.05, 3.63) is 70.5 Å². The molecule has 1 atom stereocenters. The molecule has 2 heterocycles. The van der Waals surface area contributed by atoms with Crippen molar-refractivity contribution in [2.75, 3.05) is 5.32 Å². The second kappa shape index (κ2) is 5.98. The highest BCUT2D eigenvalue weighted by atomic mass is 16.6. The Balaban J connectivity index is 1.79. The van der Waals surface area contributed by atoms with Crippen LogP contribution < -0.4 is 10.1 Å². The van der Waals surface area contributed by atoms with Gasteiger partial charge in [-0.15, -0.1) is 0 Å². The van der Waals surface area contributed by atoms with Gasteiger partial charge in [-0.3, -0.25) is 15.1 Å². The van der Waals surface area contributed by atoms with Gasteiger partial charge in [-0.25, -0.2) is 0 Å². The minimum absolute atomic E-state index is 0.0489. The van der Waals surface area contributed by atoms with Gasteiger partial charge in [0.15, 0.2) is 0 Å². The minimum atomic E-state index is -0.374. The predicted octanol–water partition coefficient (Wildman–Crippen LogP) is 4.86. The molecule has 0 fully saturated rings. The molecular weight excluding hydrogens is 330 g/mol. The molecule has 6 heteroatoms. The summed E-state index contributed by atoms with van der Waals surface area (Å²) in [7, 11) is 0. The lowest BCUT2D eigenvalue weighted by molar-refractivity contribution is -0.383. The number of para-hydroxylation sites is 1. The lowest BCUT2D eigenvalue weighted by Gasteiger charge is -2.38. The van der Waals surface area contributed by atoms with Gasteiger partial charge in [-0.1, -0.05) is 18.2 Å². The summed E-state index contributed by atoms with van der Waals surface area (Å²) in [5.74, 6) is 0.870. The van der Waals surface area contributed by atoms with E-state index in [0.717, 1.165) is 28.8 Å². The molecule has 1 N–H and O–H groups in total. The van der Waals surface area contributed by atoms with Crippen molar-refractivity contribution in [2.24, 2.45) is 0 Å². The number of hydrogen-bond acceptors (Lipinski definition) is 5. The summed E-state index contributed by atoms with van der Waals surface area (Å²) < 4.78 is 6.09. The van der Waals surface area contributed by atoms with Gasteiger partial charge >= 0.3 is 0 Å². The van der Waals surface area contributed by atoms with E-state index in [1.54, 1.807) is 24.5 Å². The molecule has 0 amide bonds. The number of nitro benzene ring substituents is 1. The van der Waals surface area contributed by atoms with Gasteiger partial charge in [0.25, 0.3) is 5.69 Å². The second-order valence-corrected chi connectivity index (χ2v) is 7.11. The Morgan fingerprint density at radius 1 is 1.19 bits per heavy atom. The Kier molecular flexibility index (Phi) is 3.76. The Bertz CT molecular complexity index is 1000. The van der Waals surface area contributed by atoms with Gasteiger partial charge < -0.3 is 10.1 Å². The number of fused-ring (bicyclic) bond motifs is 2. The largest absolute Gasteiger partial charge is 0.487 e. The molecule has 1 aliphatic heterocycles. The number of pyridine rings is 1. The maximum absolute atomic E-state index is 11.3. The summed E-state index contributed by atoms with van der Waals surface area (Å²) >= 11 is 0. The van der Waals surface area contributed by atoms with Crippen molar-refractivity contribution < 1.29 is 9.66 Å². The van der Waals surface area contributed by atoms with E-state index in [0.29, 0.717) is 5.39 Å². The number of nitro groups is 1. The Morgan fingerprint density at radius 2 is 2.00 bits per heavy atom. The fraction of sp³-hybridized carbons (Fsp3) is 0.250. The standard InChI is InChI=1S/C20H19N3O3/c1-20(2)11-17(14-5-3-4-6-19(14)26-20)22-16-7-8-18(23(24)25)15-12-21-10-9-13(15)16/h3-10,12,17,22H,11H2,1-2H3. The molecule has 0 aliphatic carbocycles. The van der Waals surface area contributed by atoms with E-state index < -0.39 is 0 Å². The van der Waals surface area contributed by atoms with E-state index >= 15 is 0 Å². The summed E-state index contributed by atoms with van der Waals surface area (Å²) in [6, 6.07) is 13.1. The van der Waals surface area contributed by atoms with Crippen molar-refractivity contribution in [2.45, 2.75) is 31.9 Å². The number of ether oxygens (including phenoxy) is 1. The van der Waals surface area contributed by atoms with E-state index in [4.69, 9.17) is 4.74 Å². The first kappa shape index (κ1) is 16.3. The normalized spacial score (nSPS) is 18.0. The van der Waals surface area contributed by atoms with Crippen LogP contribution in [0.3, 0.4) is 0 Å². The lowest BCUT2D eigenvalue weighted by Crippen LogP contribution is -2.37. The van der Waals surface area contributed by atoms with Crippen molar-refractivity contribution >= 4 is 22.1 Å². The third-order valence-electron chi connectivity index (χ3n) is 4.70. The van der Waals surface area contributed by atoms with Gasteiger partial charge in [0.1, 0.15) is 11.4 Å². The average Bonchev–Trinajstić information content (AvgIpc) is 2.60. The number of anilines is 1. The number of aromatic nitrogens is 1. The molecule has 1 unspecified atom stereocenters. The highest BCUT2D eigenvalue weighted by Crippen LogP contribution is 2.42. The summed E-state index contributed by atoms with van der Waals surface area (Å²) in [6.45, 7) is 4.13. The summed E-state index contributed by atoms with van der Waals surface area (Å²) in [5, 5.41) is 16.2. The van der Waals surface area contributed by atoms with Crippen LogP contribution in [0.4, 0.5) is 11.4 Å². The van der Waals surface area contributed by atoms with Gasteiger partial charge in [0.05, 0.1) is 16.4 Å². The van der Waals surface area contributed by atoms with Crippen LogP contribution in [-0.2, 0) is 0 Å². The van der Waals surface area contributed by atoms with Gasteiger partial charge in [0.2, 0.25) is 0 Å². The first-order chi connectivity index (χ1) is 12.4. The minimum Gasteiger partial charge on any atom is -0.487 e. The smallest absolute Gasteiger partial charge is 0.278 e.